The second kappa shape index (κ2) is 9.12. The molecule has 0 saturated heterocycles. The van der Waals surface area contributed by atoms with Crippen molar-refractivity contribution >= 4 is 9.84 Å². The lowest BCUT2D eigenvalue weighted by Crippen LogP contribution is -2.11. The van der Waals surface area contributed by atoms with E-state index in [2.05, 4.69) is 0 Å². The summed E-state index contributed by atoms with van der Waals surface area (Å²) in [6.45, 7) is 2.11. The summed E-state index contributed by atoms with van der Waals surface area (Å²) in [5.74, 6) is -0.316. The van der Waals surface area contributed by atoms with Gasteiger partial charge in [0.1, 0.15) is 5.82 Å². The van der Waals surface area contributed by atoms with Gasteiger partial charge in [0.15, 0.2) is 9.84 Å². The van der Waals surface area contributed by atoms with E-state index in [1.165, 1.54) is 18.4 Å². The molecule has 30 heavy (non-hydrogen) atoms. The lowest BCUT2D eigenvalue weighted by atomic mass is 10.0. The number of hydrogen-bond acceptors (Lipinski definition) is 4. The summed E-state index contributed by atoms with van der Waals surface area (Å²) in [6.07, 6.45) is 3.43. The number of rotatable bonds is 8. The monoisotopic (exact) mass is 430 g/mol. The van der Waals surface area contributed by atoms with Crippen molar-refractivity contribution in [1.82, 2.24) is 4.57 Å². The topological polar surface area (TPSA) is 85.3 Å². The van der Waals surface area contributed by atoms with Gasteiger partial charge in [-0.25, -0.2) is 12.8 Å². The lowest BCUT2D eigenvalue weighted by Gasteiger charge is -2.14. The van der Waals surface area contributed by atoms with Crippen molar-refractivity contribution in [2.75, 3.05) is 12.9 Å². The Hall–Kier alpha value is -2.48. The van der Waals surface area contributed by atoms with Gasteiger partial charge in [-0.2, -0.15) is 0 Å². The molecule has 5 nitrogen and oxygen atoms in total. The van der Waals surface area contributed by atoms with Crippen molar-refractivity contribution in [2.24, 2.45) is 5.73 Å². The summed E-state index contributed by atoms with van der Waals surface area (Å²) in [4.78, 5) is 0.254. The van der Waals surface area contributed by atoms with Gasteiger partial charge in [-0.1, -0.05) is 12.1 Å². The van der Waals surface area contributed by atoms with Crippen LogP contribution in [0.4, 0.5) is 4.39 Å². The maximum atomic E-state index is 13.5. The highest BCUT2D eigenvalue weighted by atomic mass is 32.2. The van der Waals surface area contributed by atoms with E-state index in [1.807, 2.05) is 17.6 Å². The standard InChI is InChI=1S/C23H27FN2O3S/c1-16-21(22(25)5-3-4-14-27)15-23(26(16)19-10-8-18(24)9-11-19)17-6-12-20(13-7-17)30(2,28)29/h6-13,15,22,27H,3-5,14,25H2,1-2H3/t22-/m0/s1. The Morgan fingerprint density at radius 2 is 1.70 bits per heavy atom. The number of hydrogen-bond donors (Lipinski definition) is 2. The van der Waals surface area contributed by atoms with Gasteiger partial charge in [0.2, 0.25) is 0 Å². The van der Waals surface area contributed by atoms with Crippen LogP contribution in [-0.4, -0.2) is 31.0 Å². The van der Waals surface area contributed by atoms with Crippen LogP contribution in [0.1, 0.15) is 36.6 Å². The Morgan fingerprint density at radius 1 is 1.07 bits per heavy atom. The zero-order valence-corrected chi connectivity index (χ0v) is 18.0. The van der Waals surface area contributed by atoms with Crippen LogP contribution in [0.3, 0.4) is 0 Å². The minimum absolute atomic E-state index is 0.139. The van der Waals surface area contributed by atoms with Gasteiger partial charge in [0.25, 0.3) is 0 Å². The van der Waals surface area contributed by atoms with Gasteiger partial charge in [0, 0.05) is 30.3 Å². The third-order valence-electron chi connectivity index (χ3n) is 5.27. The minimum Gasteiger partial charge on any atom is -0.396 e. The number of unbranched alkanes of at least 4 members (excludes halogenated alkanes) is 1. The van der Waals surface area contributed by atoms with E-state index in [9.17, 15) is 12.8 Å². The molecule has 7 heteroatoms. The normalized spacial score (nSPS) is 12.8. The number of aliphatic hydroxyl groups is 1. The molecule has 0 spiro atoms. The van der Waals surface area contributed by atoms with E-state index in [1.54, 1.807) is 36.4 Å². The smallest absolute Gasteiger partial charge is 0.175 e. The molecule has 0 aliphatic carbocycles. The number of aromatic nitrogens is 1. The molecule has 0 amide bonds. The molecule has 0 saturated carbocycles. The summed E-state index contributed by atoms with van der Waals surface area (Å²) in [5.41, 5.74) is 10.8. The fraction of sp³-hybridized carbons (Fsp3) is 0.304. The molecule has 3 rings (SSSR count). The number of halogens is 1. The molecule has 1 atom stereocenters. The van der Waals surface area contributed by atoms with Crippen LogP contribution in [0.2, 0.25) is 0 Å². The number of aliphatic hydroxyl groups excluding tert-OH is 1. The molecule has 2 aromatic carbocycles. The van der Waals surface area contributed by atoms with Crippen molar-refractivity contribution < 1.29 is 17.9 Å². The van der Waals surface area contributed by atoms with E-state index in [-0.39, 0.29) is 23.4 Å². The zero-order chi connectivity index (χ0) is 21.9. The fourth-order valence-electron chi connectivity index (χ4n) is 3.64. The van der Waals surface area contributed by atoms with Crippen LogP contribution in [0.15, 0.2) is 59.5 Å². The maximum absolute atomic E-state index is 13.5. The van der Waals surface area contributed by atoms with E-state index >= 15 is 0 Å². The predicted octanol–water partition coefficient (Wildman–Crippen LogP) is 4.16. The Bertz CT molecular complexity index is 1100. The van der Waals surface area contributed by atoms with Crippen molar-refractivity contribution in [2.45, 2.75) is 37.1 Å². The first-order valence-electron chi connectivity index (χ1n) is 9.87. The third kappa shape index (κ3) is 4.80. The van der Waals surface area contributed by atoms with Crippen LogP contribution in [0.25, 0.3) is 16.9 Å². The summed E-state index contributed by atoms with van der Waals surface area (Å²) >= 11 is 0. The van der Waals surface area contributed by atoms with Gasteiger partial charge in [-0.3, -0.25) is 0 Å². The molecule has 0 aliphatic heterocycles. The molecule has 1 aromatic heterocycles. The van der Waals surface area contributed by atoms with Gasteiger partial charge in [-0.15, -0.1) is 0 Å². The van der Waals surface area contributed by atoms with Gasteiger partial charge >= 0.3 is 0 Å². The highest BCUT2D eigenvalue weighted by Gasteiger charge is 2.19. The summed E-state index contributed by atoms with van der Waals surface area (Å²) < 4.78 is 39.1. The van der Waals surface area contributed by atoms with E-state index in [0.29, 0.717) is 6.42 Å². The molecule has 0 aliphatic rings. The summed E-state index contributed by atoms with van der Waals surface area (Å²) in [6, 6.07) is 14.8. The van der Waals surface area contributed by atoms with Gasteiger partial charge < -0.3 is 15.4 Å². The molecule has 160 valence electrons. The highest BCUT2D eigenvalue weighted by Crippen LogP contribution is 2.33. The number of benzene rings is 2. The second-order valence-electron chi connectivity index (χ2n) is 7.50. The first-order valence-corrected chi connectivity index (χ1v) is 11.8. The van der Waals surface area contributed by atoms with Crippen molar-refractivity contribution in [3.05, 3.63) is 71.7 Å². The van der Waals surface area contributed by atoms with Crippen LogP contribution in [0, 0.1) is 12.7 Å². The molecule has 3 N–H and O–H groups in total. The van der Waals surface area contributed by atoms with Crippen molar-refractivity contribution in [3.63, 3.8) is 0 Å². The maximum Gasteiger partial charge on any atom is 0.175 e. The first-order chi connectivity index (χ1) is 14.2. The molecule has 0 fully saturated rings. The van der Waals surface area contributed by atoms with Crippen molar-refractivity contribution in [3.8, 4) is 16.9 Å². The van der Waals surface area contributed by atoms with Crippen LogP contribution in [0.5, 0.6) is 0 Å². The average Bonchev–Trinajstić information content (AvgIpc) is 3.05. The Balaban J connectivity index is 2.10. The molecule has 3 aromatic rings. The predicted molar refractivity (Wildman–Crippen MR) is 117 cm³/mol. The number of nitrogens with two attached hydrogens (primary N) is 1. The lowest BCUT2D eigenvalue weighted by molar-refractivity contribution is 0.281. The van der Waals surface area contributed by atoms with Crippen LogP contribution in [-0.2, 0) is 9.84 Å². The summed E-state index contributed by atoms with van der Waals surface area (Å²) in [5, 5.41) is 9.03. The molecule has 1 heterocycles. The molecule has 0 unspecified atom stereocenters. The van der Waals surface area contributed by atoms with E-state index in [0.717, 1.165) is 41.0 Å². The Labute approximate surface area is 176 Å². The quantitative estimate of drug-likeness (QED) is 0.526. The van der Waals surface area contributed by atoms with Crippen LogP contribution >= 0.6 is 0 Å². The molecule has 0 bridgehead atoms. The SMILES string of the molecule is Cc1c([C@@H](N)CCCCO)cc(-c2ccc(S(C)(=O)=O)cc2)n1-c1ccc(F)cc1. The average molecular weight is 431 g/mol. The molecular weight excluding hydrogens is 403 g/mol. The van der Waals surface area contributed by atoms with E-state index < -0.39 is 9.84 Å². The fourth-order valence-corrected chi connectivity index (χ4v) is 4.27. The van der Waals surface area contributed by atoms with Gasteiger partial charge in [-0.05, 0) is 79.8 Å². The molecular formula is C23H27FN2O3S. The zero-order valence-electron chi connectivity index (χ0n) is 17.2. The Morgan fingerprint density at radius 3 is 2.27 bits per heavy atom. The largest absolute Gasteiger partial charge is 0.396 e. The van der Waals surface area contributed by atoms with Crippen LogP contribution < -0.4 is 5.73 Å². The van der Waals surface area contributed by atoms with E-state index in [4.69, 9.17) is 10.8 Å². The number of nitrogens with zero attached hydrogens (tertiary/aromatic N) is 1. The third-order valence-corrected chi connectivity index (χ3v) is 6.40. The minimum atomic E-state index is -3.29. The summed E-state index contributed by atoms with van der Waals surface area (Å²) in [7, 11) is -3.29. The molecule has 0 radical (unpaired) electrons. The van der Waals surface area contributed by atoms with Crippen molar-refractivity contribution in [1.29, 1.82) is 0 Å². The number of sulfone groups is 1. The van der Waals surface area contributed by atoms with Gasteiger partial charge in [0.05, 0.1) is 10.6 Å². The highest BCUT2D eigenvalue weighted by molar-refractivity contribution is 7.90. The second-order valence-corrected chi connectivity index (χ2v) is 9.52. The first kappa shape index (κ1) is 22.2. The Kier molecular flexibility index (Phi) is 6.75.